The number of ether oxygens (including phenoxy) is 1. The van der Waals surface area contributed by atoms with Crippen molar-refractivity contribution >= 4 is 23.4 Å². The zero-order valence-electron chi connectivity index (χ0n) is 15.2. The van der Waals surface area contributed by atoms with Gasteiger partial charge in [-0.25, -0.2) is 0 Å². The molecule has 2 aromatic carbocycles. The van der Waals surface area contributed by atoms with Gasteiger partial charge in [-0.05, 0) is 48.9 Å². The number of nitriles is 1. The zero-order chi connectivity index (χ0) is 18.8. The van der Waals surface area contributed by atoms with Crippen LogP contribution in [0.4, 0.5) is 5.69 Å². The van der Waals surface area contributed by atoms with E-state index in [0.29, 0.717) is 17.9 Å². The predicted molar refractivity (Wildman–Crippen MR) is 107 cm³/mol. The zero-order valence-corrected chi connectivity index (χ0v) is 16.0. The van der Waals surface area contributed by atoms with Crippen LogP contribution in [0.2, 0.25) is 0 Å². The highest BCUT2D eigenvalue weighted by Crippen LogP contribution is 2.21. The molecule has 0 bridgehead atoms. The third kappa shape index (κ3) is 6.45. The van der Waals surface area contributed by atoms with Gasteiger partial charge in [0.05, 0.1) is 16.9 Å². The maximum atomic E-state index is 12.3. The Labute approximate surface area is 159 Å². The fraction of sp³-hybridized carbons (Fsp3) is 0.333. The van der Waals surface area contributed by atoms with Crippen molar-refractivity contribution in [2.75, 3.05) is 11.1 Å². The van der Waals surface area contributed by atoms with Crippen LogP contribution in [0.1, 0.15) is 37.8 Å². The Balaban J connectivity index is 1.90. The summed E-state index contributed by atoms with van der Waals surface area (Å²) >= 11 is 1.67. The van der Waals surface area contributed by atoms with Gasteiger partial charge in [-0.1, -0.05) is 31.5 Å². The molecule has 1 atom stereocenters. The smallest absolute Gasteiger partial charge is 0.237 e. The second-order valence-corrected chi connectivity index (χ2v) is 7.43. The third-order valence-corrected chi connectivity index (χ3v) is 5.04. The van der Waals surface area contributed by atoms with Crippen LogP contribution >= 0.6 is 11.8 Å². The summed E-state index contributed by atoms with van der Waals surface area (Å²) in [5, 5.41) is 11.8. The van der Waals surface area contributed by atoms with Crippen molar-refractivity contribution in [3.63, 3.8) is 0 Å². The molecule has 1 unspecified atom stereocenters. The Kier molecular flexibility index (Phi) is 8.04. The lowest BCUT2D eigenvalue weighted by Gasteiger charge is -2.13. The normalized spacial score (nSPS) is 11.4. The van der Waals surface area contributed by atoms with E-state index < -0.39 is 0 Å². The standard InChI is InChI=1S/C21H24N2O2S/c1-3-4-11-26-16(2)21(24)23-19-9-6-10-20(13-19)25-15-18-8-5-7-17(12-18)14-22/h5-10,12-13,16H,3-4,11,15H2,1-2H3,(H,23,24). The molecule has 0 aliphatic carbocycles. The molecule has 26 heavy (non-hydrogen) atoms. The van der Waals surface area contributed by atoms with Gasteiger partial charge in [-0.3, -0.25) is 4.79 Å². The first-order valence-electron chi connectivity index (χ1n) is 8.76. The van der Waals surface area contributed by atoms with E-state index in [-0.39, 0.29) is 11.2 Å². The molecule has 0 aromatic heterocycles. The Morgan fingerprint density at radius 1 is 1.27 bits per heavy atom. The number of thioether (sulfide) groups is 1. The maximum Gasteiger partial charge on any atom is 0.237 e. The molecule has 5 heteroatoms. The summed E-state index contributed by atoms with van der Waals surface area (Å²) in [7, 11) is 0. The molecule has 136 valence electrons. The summed E-state index contributed by atoms with van der Waals surface area (Å²) < 4.78 is 5.79. The average Bonchev–Trinajstić information content (AvgIpc) is 2.67. The quantitative estimate of drug-likeness (QED) is 0.633. The topological polar surface area (TPSA) is 62.1 Å². The average molecular weight is 369 g/mol. The Hall–Kier alpha value is -2.45. The highest BCUT2D eigenvalue weighted by molar-refractivity contribution is 8.00. The van der Waals surface area contributed by atoms with Gasteiger partial charge in [0.25, 0.3) is 0 Å². The summed E-state index contributed by atoms with van der Waals surface area (Å²) in [6.07, 6.45) is 2.26. The number of hydrogen-bond donors (Lipinski definition) is 1. The van der Waals surface area contributed by atoms with E-state index in [1.165, 1.54) is 0 Å². The number of anilines is 1. The molecule has 2 rings (SSSR count). The van der Waals surface area contributed by atoms with Crippen LogP contribution in [0.15, 0.2) is 48.5 Å². The lowest BCUT2D eigenvalue weighted by atomic mass is 10.1. The van der Waals surface area contributed by atoms with Crippen LogP contribution in [-0.4, -0.2) is 16.9 Å². The minimum Gasteiger partial charge on any atom is -0.489 e. The van der Waals surface area contributed by atoms with Crippen molar-refractivity contribution < 1.29 is 9.53 Å². The van der Waals surface area contributed by atoms with E-state index in [9.17, 15) is 4.79 Å². The number of benzene rings is 2. The van der Waals surface area contributed by atoms with E-state index >= 15 is 0 Å². The second-order valence-electron chi connectivity index (χ2n) is 5.98. The Morgan fingerprint density at radius 2 is 2.08 bits per heavy atom. The van der Waals surface area contributed by atoms with Gasteiger partial charge in [-0.15, -0.1) is 11.8 Å². The fourth-order valence-corrected chi connectivity index (χ4v) is 3.30. The van der Waals surface area contributed by atoms with Crippen molar-refractivity contribution in [2.24, 2.45) is 0 Å². The van der Waals surface area contributed by atoms with Gasteiger partial charge in [0.2, 0.25) is 5.91 Å². The van der Waals surface area contributed by atoms with Crippen LogP contribution < -0.4 is 10.1 Å². The Morgan fingerprint density at radius 3 is 2.85 bits per heavy atom. The summed E-state index contributed by atoms with van der Waals surface area (Å²) in [5.41, 5.74) is 2.27. The predicted octanol–water partition coefficient (Wildman–Crippen LogP) is 5.00. The molecule has 1 N–H and O–H groups in total. The molecule has 2 aromatic rings. The van der Waals surface area contributed by atoms with E-state index in [2.05, 4.69) is 18.3 Å². The molecule has 0 radical (unpaired) electrons. The number of rotatable bonds is 9. The van der Waals surface area contributed by atoms with Crippen molar-refractivity contribution in [3.05, 3.63) is 59.7 Å². The summed E-state index contributed by atoms with van der Waals surface area (Å²) in [4.78, 5) is 12.3. The highest BCUT2D eigenvalue weighted by atomic mass is 32.2. The van der Waals surface area contributed by atoms with Gasteiger partial charge in [0.15, 0.2) is 0 Å². The van der Waals surface area contributed by atoms with Gasteiger partial charge in [0, 0.05) is 11.8 Å². The summed E-state index contributed by atoms with van der Waals surface area (Å²) in [5.74, 6) is 1.68. The SMILES string of the molecule is CCCCSC(C)C(=O)Nc1cccc(OCc2cccc(C#N)c2)c1. The van der Waals surface area contributed by atoms with Crippen LogP contribution in [0.3, 0.4) is 0 Å². The minimum absolute atomic E-state index is 0.00461. The monoisotopic (exact) mass is 368 g/mol. The number of nitrogens with zero attached hydrogens (tertiary/aromatic N) is 1. The molecule has 0 saturated carbocycles. The van der Waals surface area contributed by atoms with Crippen LogP contribution in [-0.2, 0) is 11.4 Å². The molecule has 4 nitrogen and oxygen atoms in total. The molecule has 0 fully saturated rings. The molecular weight excluding hydrogens is 344 g/mol. The maximum absolute atomic E-state index is 12.3. The third-order valence-electron chi connectivity index (χ3n) is 3.80. The number of amides is 1. The first kappa shape index (κ1) is 19.9. The fourth-order valence-electron chi connectivity index (χ4n) is 2.28. The molecule has 0 spiro atoms. The first-order valence-corrected chi connectivity index (χ1v) is 9.81. The first-order chi connectivity index (χ1) is 12.6. The number of hydrogen-bond acceptors (Lipinski definition) is 4. The van der Waals surface area contributed by atoms with Gasteiger partial charge >= 0.3 is 0 Å². The Bertz CT molecular complexity index is 771. The molecular formula is C21H24N2O2S. The van der Waals surface area contributed by atoms with Gasteiger partial charge in [0.1, 0.15) is 12.4 Å². The van der Waals surface area contributed by atoms with E-state index in [0.717, 1.165) is 29.8 Å². The van der Waals surface area contributed by atoms with Gasteiger partial charge in [-0.2, -0.15) is 5.26 Å². The van der Waals surface area contributed by atoms with Crippen LogP contribution in [0, 0.1) is 11.3 Å². The van der Waals surface area contributed by atoms with E-state index in [1.54, 1.807) is 23.9 Å². The van der Waals surface area contributed by atoms with Crippen LogP contribution in [0.25, 0.3) is 0 Å². The van der Waals surface area contributed by atoms with Gasteiger partial charge < -0.3 is 10.1 Å². The van der Waals surface area contributed by atoms with Crippen LogP contribution in [0.5, 0.6) is 5.75 Å². The molecule has 0 heterocycles. The highest BCUT2D eigenvalue weighted by Gasteiger charge is 2.13. The van der Waals surface area contributed by atoms with Crippen molar-refractivity contribution in [1.29, 1.82) is 5.26 Å². The van der Waals surface area contributed by atoms with Crippen molar-refractivity contribution in [1.82, 2.24) is 0 Å². The van der Waals surface area contributed by atoms with Crippen molar-refractivity contribution in [2.45, 2.75) is 38.5 Å². The van der Waals surface area contributed by atoms with E-state index in [4.69, 9.17) is 10.00 Å². The number of unbranched alkanes of at least 4 members (excludes halogenated alkanes) is 1. The second kappa shape index (κ2) is 10.5. The largest absolute Gasteiger partial charge is 0.489 e. The molecule has 1 amide bonds. The lowest BCUT2D eigenvalue weighted by molar-refractivity contribution is -0.115. The number of carbonyl (C=O) groups is 1. The summed E-state index contributed by atoms with van der Waals surface area (Å²) in [6.45, 7) is 4.45. The van der Waals surface area contributed by atoms with E-state index in [1.807, 2.05) is 43.3 Å². The number of carbonyl (C=O) groups excluding carboxylic acids is 1. The van der Waals surface area contributed by atoms with Crippen molar-refractivity contribution in [3.8, 4) is 11.8 Å². The lowest BCUT2D eigenvalue weighted by Crippen LogP contribution is -2.22. The molecule has 0 aliphatic rings. The molecule has 0 aliphatic heterocycles. The minimum atomic E-state index is -0.0835. The number of nitrogens with one attached hydrogen (secondary N) is 1. The molecule has 0 saturated heterocycles. The summed E-state index contributed by atoms with van der Waals surface area (Å²) in [6, 6.07) is 16.8.